The van der Waals surface area contributed by atoms with E-state index >= 15 is 0 Å². The fourth-order valence-corrected chi connectivity index (χ4v) is 3.99. The molecule has 0 saturated carbocycles. The van der Waals surface area contributed by atoms with E-state index in [4.69, 9.17) is 28.4 Å². The molecule has 3 aromatic rings. The average molecular weight is 657 g/mol. The van der Waals surface area contributed by atoms with Gasteiger partial charge in [0, 0.05) is 30.6 Å². The van der Waals surface area contributed by atoms with Gasteiger partial charge >= 0.3 is 30.1 Å². The maximum atomic E-state index is 14.0. The lowest BCUT2D eigenvalue weighted by molar-refractivity contribution is -0.145. The Labute approximate surface area is 268 Å². The summed E-state index contributed by atoms with van der Waals surface area (Å²) < 4.78 is 72.4. The van der Waals surface area contributed by atoms with Crippen molar-refractivity contribution in [1.82, 2.24) is 0 Å². The summed E-state index contributed by atoms with van der Waals surface area (Å²) in [6.07, 6.45) is -2.88. The van der Waals surface area contributed by atoms with Gasteiger partial charge in [0.1, 0.15) is 28.6 Å². The smallest absolute Gasteiger partial charge is 0.420 e. The molecule has 0 radical (unpaired) electrons. The van der Waals surface area contributed by atoms with E-state index in [2.05, 4.69) is 13.2 Å². The summed E-state index contributed by atoms with van der Waals surface area (Å²) in [5.74, 6) is -3.16. The van der Waals surface area contributed by atoms with Gasteiger partial charge in [0.05, 0.1) is 0 Å². The first-order valence-corrected chi connectivity index (χ1v) is 14.0. The zero-order valence-corrected chi connectivity index (χ0v) is 25.3. The van der Waals surface area contributed by atoms with Gasteiger partial charge in [0.15, 0.2) is 0 Å². The average Bonchev–Trinajstić information content (AvgIpc) is 3.04. The van der Waals surface area contributed by atoms with Crippen molar-refractivity contribution in [3.63, 3.8) is 0 Å². The number of ether oxygens (including phenoxy) is 6. The molecule has 0 fully saturated rings. The minimum atomic E-state index is -4.91. The van der Waals surface area contributed by atoms with Crippen LogP contribution in [0.3, 0.4) is 0 Å². The highest BCUT2D eigenvalue weighted by molar-refractivity contribution is 5.81. The predicted molar refractivity (Wildman–Crippen MR) is 161 cm³/mol. The van der Waals surface area contributed by atoms with Gasteiger partial charge in [0.2, 0.25) is 13.6 Å². The monoisotopic (exact) mass is 656 g/mol. The Morgan fingerprint density at radius 1 is 0.660 bits per heavy atom. The molecule has 3 rings (SSSR count). The third-order valence-electron chi connectivity index (χ3n) is 6.38. The summed E-state index contributed by atoms with van der Waals surface area (Å²) in [5.41, 5.74) is -0.237. The summed E-state index contributed by atoms with van der Waals surface area (Å²) in [5, 5.41) is 0. The second kappa shape index (κ2) is 17.2. The van der Waals surface area contributed by atoms with Crippen LogP contribution in [0.25, 0.3) is 0 Å². The normalized spacial score (nSPS) is 10.7. The van der Waals surface area contributed by atoms with Crippen LogP contribution in [0.2, 0.25) is 0 Å². The van der Waals surface area contributed by atoms with Gasteiger partial charge in [-0.25, -0.2) is 9.59 Å². The summed E-state index contributed by atoms with van der Waals surface area (Å²) in [6.45, 7) is 7.03. The number of esters is 4. The van der Waals surface area contributed by atoms with Crippen molar-refractivity contribution in [1.29, 1.82) is 0 Å². The fourth-order valence-electron chi connectivity index (χ4n) is 3.99. The number of benzene rings is 3. The Kier molecular flexibility index (Phi) is 13.1. The molecule has 3 aromatic carbocycles. The van der Waals surface area contributed by atoms with E-state index in [-0.39, 0.29) is 45.0 Å². The van der Waals surface area contributed by atoms with Crippen molar-refractivity contribution in [2.45, 2.75) is 38.8 Å². The van der Waals surface area contributed by atoms with Crippen molar-refractivity contribution >= 4 is 23.9 Å². The van der Waals surface area contributed by atoms with Crippen LogP contribution in [-0.4, -0.2) is 37.5 Å². The van der Waals surface area contributed by atoms with Gasteiger partial charge in [-0.1, -0.05) is 37.4 Å². The maximum Gasteiger partial charge on any atom is 0.420 e. The van der Waals surface area contributed by atoms with E-state index in [0.717, 1.165) is 36.8 Å². The van der Waals surface area contributed by atoms with Crippen LogP contribution in [0, 0.1) is 6.92 Å². The van der Waals surface area contributed by atoms with E-state index in [0.29, 0.717) is 17.1 Å². The highest BCUT2D eigenvalue weighted by Crippen LogP contribution is 2.42. The second-order valence-corrected chi connectivity index (χ2v) is 9.66. The quantitative estimate of drug-likeness (QED) is 0.0760. The molecule has 0 N–H and O–H groups in total. The molecule has 0 aromatic heterocycles. The van der Waals surface area contributed by atoms with E-state index in [9.17, 15) is 32.3 Å². The molecule has 0 aliphatic carbocycles. The summed E-state index contributed by atoms with van der Waals surface area (Å²) >= 11 is 0. The lowest BCUT2D eigenvalue weighted by Crippen LogP contribution is -2.17. The van der Waals surface area contributed by atoms with E-state index in [1.807, 2.05) is 0 Å². The first-order chi connectivity index (χ1) is 22.4. The Bertz CT molecular complexity index is 1580. The highest BCUT2D eigenvalue weighted by Gasteiger charge is 2.38. The molecule has 13 heteroatoms. The molecule has 0 saturated heterocycles. The standard InChI is InChI=1S/C34H31F3O10/c1-4-29(38)44-20-42-25-12-6-23(7-13-25)10-18-31(40)46-27-16-17-28(33(22(27)3)34(35,36)37)47-32(41)19-11-24-8-14-26(15-9-24)43-21-45-30(39)5-2/h4-9,12-17H,1-2,10-11,18-21H2,3H3. The molecule has 0 spiro atoms. The van der Waals surface area contributed by atoms with Crippen molar-refractivity contribution in [3.8, 4) is 23.0 Å². The first-order valence-electron chi connectivity index (χ1n) is 14.0. The number of rotatable bonds is 16. The lowest BCUT2D eigenvalue weighted by atomic mass is 10.1. The Morgan fingerprint density at radius 3 is 1.47 bits per heavy atom. The van der Waals surface area contributed by atoms with Crippen LogP contribution in [0.4, 0.5) is 13.2 Å². The van der Waals surface area contributed by atoms with Crippen LogP contribution in [-0.2, 0) is 47.7 Å². The Balaban J connectivity index is 1.54. The first kappa shape index (κ1) is 35.9. The zero-order valence-electron chi connectivity index (χ0n) is 25.3. The van der Waals surface area contributed by atoms with Crippen molar-refractivity contribution in [2.24, 2.45) is 0 Å². The molecule has 0 aliphatic rings. The van der Waals surface area contributed by atoms with Crippen LogP contribution in [0.5, 0.6) is 23.0 Å². The molecule has 0 heterocycles. The molecule has 47 heavy (non-hydrogen) atoms. The van der Waals surface area contributed by atoms with Crippen molar-refractivity contribution < 1.29 is 60.8 Å². The summed E-state index contributed by atoms with van der Waals surface area (Å²) in [4.78, 5) is 47.1. The highest BCUT2D eigenvalue weighted by atomic mass is 19.4. The molecule has 0 bridgehead atoms. The van der Waals surface area contributed by atoms with Crippen LogP contribution >= 0.6 is 0 Å². The second-order valence-electron chi connectivity index (χ2n) is 9.66. The minimum absolute atomic E-state index is 0.134. The Morgan fingerprint density at radius 2 is 1.06 bits per heavy atom. The SMILES string of the molecule is C=CC(=O)OCOc1ccc(CCC(=O)Oc2ccc(OC(=O)CCc3ccc(OCOC(=O)C=C)cc3)c(C(F)(F)F)c2C)cc1. The largest absolute Gasteiger partial charge is 0.457 e. The van der Waals surface area contributed by atoms with Gasteiger partial charge in [0.25, 0.3) is 0 Å². The number of hydrogen-bond acceptors (Lipinski definition) is 10. The molecule has 0 amide bonds. The molecular weight excluding hydrogens is 625 g/mol. The number of aryl methyl sites for hydroxylation is 2. The molecule has 10 nitrogen and oxygen atoms in total. The van der Waals surface area contributed by atoms with E-state index in [1.165, 1.54) is 0 Å². The fraction of sp³-hybridized carbons (Fsp3) is 0.235. The van der Waals surface area contributed by atoms with Crippen molar-refractivity contribution in [3.05, 3.63) is 108 Å². The molecule has 248 valence electrons. The maximum absolute atomic E-state index is 14.0. The molecule has 0 aliphatic heterocycles. The number of carbonyl (C=O) groups is 4. The van der Waals surface area contributed by atoms with Crippen LogP contribution in [0.1, 0.15) is 35.1 Å². The minimum Gasteiger partial charge on any atom is -0.457 e. The van der Waals surface area contributed by atoms with Crippen LogP contribution in [0.15, 0.2) is 86.0 Å². The van der Waals surface area contributed by atoms with Crippen molar-refractivity contribution in [2.75, 3.05) is 13.6 Å². The molecule has 0 unspecified atom stereocenters. The summed E-state index contributed by atoms with van der Waals surface area (Å²) in [6, 6.07) is 15.1. The number of carbonyl (C=O) groups excluding carboxylic acids is 4. The zero-order chi connectivity index (χ0) is 34.4. The van der Waals surface area contributed by atoms with Gasteiger partial charge in [-0.05, 0) is 67.3 Å². The van der Waals surface area contributed by atoms with Gasteiger partial charge < -0.3 is 28.4 Å². The number of alkyl halides is 3. The predicted octanol–water partition coefficient (Wildman–Crippen LogP) is 6.22. The molecule has 0 atom stereocenters. The van der Waals surface area contributed by atoms with E-state index < -0.39 is 46.9 Å². The topological polar surface area (TPSA) is 124 Å². The van der Waals surface area contributed by atoms with Gasteiger partial charge in [-0.15, -0.1) is 0 Å². The number of halogens is 3. The Hall–Kier alpha value is -5.59. The summed E-state index contributed by atoms with van der Waals surface area (Å²) in [7, 11) is 0. The number of hydrogen-bond donors (Lipinski definition) is 0. The van der Waals surface area contributed by atoms with Gasteiger partial charge in [-0.2, -0.15) is 13.2 Å². The van der Waals surface area contributed by atoms with Crippen LogP contribution < -0.4 is 18.9 Å². The molecular formula is C34H31F3O10. The van der Waals surface area contributed by atoms with E-state index in [1.54, 1.807) is 48.5 Å². The lowest BCUT2D eigenvalue weighted by Gasteiger charge is -2.18. The third-order valence-corrected chi connectivity index (χ3v) is 6.38. The van der Waals surface area contributed by atoms with Gasteiger partial charge in [-0.3, -0.25) is 9.59 Å². The third kappa shape index (κ3) is 11.7.